The molecule has 0 spiro atoms. The van der Waals surface area contributed by atoms with Crippen LogP contribution in [0.15, 0.2) is 46.0 Å². The van der Waals surface area contributed by atoms with Crippen molar-refractivity contribution < 1.29 is 18.0 Å². The molecule has 10 heteroatoms. The van der Waals surface area contributed by atoms with Crippen molar-refractivity contribution >= 4 is 39.8 Å². The number of rotatable bonds is 3. The minimum Gasteiger partial charge on any atom is -0.318 e. The lowest BCUT2D eigenvalue weighted by molar-refractivity contribution is -0.114. The number of hydrogen-bond donors (Lipinski definition) is 1. The van der Waals surface area contributed by atoms with Crippen molar-refractivity contribution in [3.05, 3.63) is 58.4 Å². The summed E-state index contributed by atoms with van der Waals surface area (Å²) in [6, 6.07) is 9.85. The van der Waals surface area contributed by atoms with Crippen LogP contribution in [0.25, 0.3) is 11.8 Å². The van der Waals surface area contributed by atoms with Crippen LogP contribution >= 0.6 is 11.8 Å². The van der Waals surface area contributed by atoms with Gasteiger partial charge in [-0.15, -0.1) is 0 Å². The number of carbonyl (C=O) groups is 1. The molecule has 3 heterocycles. The molecule has 2 aliphatic rings. The van der Waals surface area contributed by atoms with Gasteiger partial charge in [-0.05, 0) is 61.4 Å². The van der Waals surface area contributed by atoms with Gasteiger partial charge in [0, 0.05) is 17.1 Å². The normalized spacial score (nSPS) is 17.9. The standard InChI is InChI=1S/C21H18F3N5OS/c1-4-13-7-5-6-8-16(13)28-11(2)9-14(12(28)3)10-15-17(25)29-20(26-18(15)30)31-19(27-29)21(22,23)24/h5-10,25H,4H2,1-3H3/b15-10-,25-17?. The van der Waals surface area contributed by atoms with Gasteiger partial charge in [0.15, 0.2) is 5.84 Å². The highest BCUT2D eigenvalue weighted by Crippen LogP contribution is 2.35. The van der Waals surface area contributed by atoms with E-state index in [2.05, 4.69) is 21.6 Å². The number of para-hydroxylation sites is 1. The quantitative estimate of drug-likeness (QED) is 0.688. The van der Waals surface area contributed by atoms with Crippen LogP contribution in [0.3, 0.4) is 0 Å². The number of aryl methyl sites for hydroxylation is 2. The van der Waals surface area contributed by atoms with Crippen LogP contribution in [0.1, 0.15) is 29.4 Å². The van der Waals surface area contributed by atoms with E-state index in [1.165, 1.54) is 6.08 Å². The predicted molar refractivity (Wildman–Crippen MR) is 116 cm³/mol. The zero-order valence-corrected chi connectivity index (χ0v) is 17.7. The zero-order valence-electron chi connectivity index (χ0n) is 16.9. The summed E-state index contributed by atoms with van der Waals surface area (Å²) in [6.07, 6.45) is -2.34. The Kier molecular flexibility index (Phi) is 5.12. The van der Waals surface area contributed by atoms with Crippen molar-refractivity contribution in [1.82, 2.24) is 9.58 Å². The number of hydrogen-bond acceptors (Lipinski definition) is 4. The first kappa shape index (κ1) is 21.1. The summed E-state index contributed by atoms with van der Waals surface area (Å²) in [5.74, 6) is -1.19. The molecule has 0 unspecified atom stereocenters. The van der Waals surface area contributed by atoms with Crippen molar-refractivity contribution in [2.45, 2.75) is 33.4 Å². The fraction of sp³-hybridized carbons (Fsp3) is 0.238. The van der Waals surface area contributed by atoms with Crippen LogP contribution in [0.5, 0.6) is 0 Å². The van der Waals surface area contributed by atoms with Crippen molar-refractivity contribution in [3.8, 4) is 5.69 Å². The summed E-state index contributed by atoms with van der Waals surface area (Å²) >= 11 is 0.236. The van der Waals surface area contributed by atoms with Gasteiger partial charge in [0.1, 0.15) is 0 Å². The van der Waals surface area contributed by atoms with Crippen molar-refractivity contribution in [3.63, 3.8) is 0 Å². The van der Waals surface area contributed by atoms with Gasteiger partial charge in [-0.25, -0.2) is 0 Å². The van der Waals surface area contributed by atoms with E-state index in [-0.39, 0.29) is 22.5 Å². The molecule has 0 fully saturated rings. The van der Waals surface area contributed by atoms with Crippen LogP contribution in [0.2, 0.25) is 0 Å². The number of fused-ring (bicyclic) bond motifs is 1. The Bertz CT molecular complexity index is 1210. The van der Waals surface area contributed by atoms with Crippen molar-refractivity contribution in [2.24, 2.45) is 10.1 Å². The minimum absolute atomic E-state index is 0.111. The van der Waals surface area contributed by atoms with Gasteiger partial charge in [-0.2, -0.15) is 28.3 Å². The lowest BCUT2D eigenvalue weighted by Gasteiger charge is -2.20. The van der Waals surface area contributed by atoms with Crippen molar-refractivity contribution in [2.75, 3.05) is 0 Å². The molecular formula is C21H18F3N5OS. The summed E-state index contributed by atoms with van der Waals surface area (Å²) in [7, 11) is 0. The third-order valence-electron chi connectivity index (χ3n) is 5.08. The molecule has 1 aromatic heterocycles. The Hall–Kier alpha value is -3.14. The van der Waals surface area contributed by atoms with Gasteiger partial charge >= 0.3 is 6.18 Å². The van der Waals surface area contributed by atoms with Crippen molar-refractivity contribution in [1.29, 1.82) is 5.41 Å². The molecule has 160 valence electrons. The number of alkyl halides is 3. The fourth-order valence-electron chi connectivity index (χ4n) is 3.59. The van der Waals surface area contributed by atoms with E-state index < -0.39 is 23.0 Å². The average molecular weight is 445 g/mol. The Balaban J connectivity index is 1.76. The number of thioether (sulfide) groups is 1. The Morgan fingerprint density at radius 1 is 1.23 bits per heavy atom. The third-order valence-corrected chi connectivity index (χ3v) is 6.03. The number of aliphatic imine (C=N–C) groups is 1. The van der Waals surface area contributed by atoms with Gasteiger partial charge < -0.3 is 4.57 Å². The molecule has 0 radical (unpaired) electrons. The third kappa shape index (κ3) is 3.60. The summed E-state index contributed by atoms with van der Waals surface area (Å²) in [4.78, 5) is 16.2. The Labute approximate surface area is 180 Å². The smallest absolute Gasteiger partial charge is 0.318 e. The van der Waals surface area contributed by atoms with Gasteiger partial charge in [0.2, 0.25) is 10.2 Å². The summed E-state index contributed by atoms with van der Waals surface area (Å²) in [5.41, 5.74) is 4.52. The second-order valence-corrected chi connectivity index (χ2v) is 8.02. The highest BCUT2D eigenvalue weighted by Gasteiger charge is 2.46. The Morgan fingerprint density at radius 3 is 2.61 bits per heavy atom. The van der Waals surface area contributed by atoms with Crippen LogP contribution in [0.4, 0.5) is 13.2 Å². The second-order valence-electron chi connectivity index (χ2n) is 7.07. The summed E-state index contributed by atoms with van der Waals surface area (Å²) < 4.78 is 41.0. The number of amides is 1. The highest BCUT2D eigenvalue weighted by molar-refractivity contribution is 8.27. The molecule has 1 amide bonds. The maximum Gasteiger partial charge on any atom is 0.441 e. The molecule has 1 aromatic carbocycles. The number of halogens is 3. The van der Waals surface area contributed by atoms with E-state index in [0.29, 0.717) is 5.56 Å². The highest BCUT2D eigenvalue weighted by atomic mass is 32.2. The van der Waals surface area contributed by atoms with Gasteiger partial charge in [0.05, 0.1) is 5.57 Å². The molecule has 0 atom stereocenters. The van der Waals surface area contributed by atoms with Gasteiger partial charge in [-0.1, -0.05) is 25.1 Å². The molecular weight excluding hydrogens is 427 g/mol. The topological polar surface area (TPSA) is 73.8 Å². The van der Waals surface area contributed by atoms with E-state index >= 15 is 0 Å². The number of carbonyl (C=O) groups excluding carboxylic acids is 1. The van der Waals surface area contributed by atoms with E-state index in [9.17, 15) is 18.0 Å². The number of nitrogens with one attached hydrogen (secondary N) is 1. The maximum absolute atomic E-state index is 13.0. The molecule has 0 saturated carbocycles. The lowest BCUT2D eigenvalue weighted by atomic mass is 10.1. The van der Waals surface area contributed by atoms with Crippen LogP contribution < -0.4 is 0 Å². The van der Waals surface area contributed by atoms with E-state index in [0.717, 1.165) is 34.1 Å². The van der Waals surface area contributed by atoms with E-state index in [1.807, 2.05) is 44.2 Å². The first-order valence-corrected chi connectivity index (χ1v) is 10.3. The number of benzene rings is 1. The molecule has 4 rings (SSSR count). The Morgan fingerprint density at radius 2 is 1.94 bits per heavy atom. The lowest BCUT2D eigenvalue weighted by Crippen LogP contribution is -2.35. The SMILES string of the molecule is CCc1ccccc1-n1c(C)cc(/C=C2/C(=N)N3N=C(C(F)(F)F)SC3=NC2=O)c1C. The van der Waals surface area contributed by atoms with Crippen LogP contribution in [0, 0.1) is 19.3 Å². The fourth-order valence-corrected chi connectivity index (χ4v) is 4.35. The largest absolute Gasteiger partial charge is 0.441 e. The van der Waals surface area contributed by atoms with Gasteiger partial charge in [0.25, 0.3) is 5.91 Å². The molecule has 2 aromatic rings. The molecule has 6 nitrogen and oxygen atoms in total. The number of amidine groups is 2. The monoisotopic (exact) mass is 445 g/mol. The maximum atomic E-state index is 13.0. The van der Waals surface area contributed by atoms with Crippen LogP contribution in [-0.2, 0) is 11.2 Å². The first-order chi connectivity index (χ1) is 14.6. The number of aromatic nitrogens is 1. The first-order valence-electron chi connectivity index (χ1n) is 9.46. The molecule has 1 N–H and O–H groups in total. The number of hydrazone groups is 1. The predicted octanol–water partition coefficient (Wildman–Crippen LogP) is 4.84. The average Bonchev–Trinajstić information content (AvgIpc) is 3.26. The zero-order chi connectivity index (χ0) is 22.5. The molecule has 0 saturated heterocycles. The molecule has 0 aliphatic carbocycles. The summed E-state index contributed by atoms with van der Waals surface area (Å²) in [5, 5.41) is 11.0. The summed E-state index contributed by atoms with van der Waals surface area (Å²) in [6.45, 7) is 5.89. The molecule has 0 bridgehead atoms. The van der Waals surface area contributed by atoms with E-state index in [1.54, 1.807) is 0 Å². The molecule has 31 heavy (non-hydrogen) atoms. The number of nitrogens with zero attached hydrogens (tertiary/aromatic N) is 4. The second kappa shape index (κ2) is 7.52. The minimum atomic E-state index is -4.67. The molecule has 2 aliphatic heterocycles. The van der Waals surface area contributed by atoms with Gasteiger partial charge in [-0.3, -0.25) is 10.2 Å². The van der Waals surface area contributed by atoms with E-state index in [4.69, 9.17) is 5.41 Å². The van der Waals surface area contributed by atoms with Crippen LogP contribution in [-0.4, -0.2) is 37.7 Å².